The smallest absolute Gasteiger partial charge is 0.322 e. The second kappa shape index (κ2) is 12.9. The summed E-state index contributed by atoms with van der Waals surface area (Å²) in [6.45, 7) is 8.49. The topological polar surface area (TPSA) is 128 Å². The van der Waals surface area contributed by atoms with Crippen molar-refractivity contribution in [2.75, 3.05) is 17.0 Å². The SMILES string of the molecule is CSCC[C@H](NN(c1ccc(-c2c(O)cc(-c3cnn(C)c3)cc2F)nn1)C1CC(C)(C)NC(C)(C)C1)C(=O)O.Cl. The van der Waals surface area contributed by atoms with Crippen molar-refractivity contribution in [3.63, 3.8) is 0 Å². The fourth-order valence-electron chi connectivity index (χ4n) is 5.63. The summed E-state index contributed by atoms with van der Waals surface area (Å²) in [5.74, 6) is -0.748. The maximum Gasteiger partial charge on any atom is 0.322 e. The van der Waals surface area contributed by atoms with Crippen LogP contribution in [0.15, 0.2) is 36.7 Å². The number of nitrogens with one attached hydrogen (secondary N) is 2. The molecule has 41 heavy (non-hydrogen) atoms. The van der Waals surface area contributed by atoms with Crippen molar-refractivity contribution >= 4 is 36.0 Å². The van der Waals surface area contributed by atoms with Crippen LogP contribution in [0.3, 0.4) is 0 Å². The van der Waals surface area contributed by atoms with Crippen LogP contribution in [0.2, 0.25) is 0 Å². The van der Waals surface area contributed by atoms with Crippen LogP contribution in [0.1, 0.15) is 47.0 Å². The summed E-state index contributed by atoms with van der Waals surface area (Å²) in [5.41, 5.74) is 4.08. The lowest BCUT2D eigenvalue weighted by Crippen LogP contribution is -2.65. The number of rotatable bonds is 10. The quantitative estimate of drug-likeness (QED) is 0.242. The van der Waals surface area contributed by atoms with Gasteiger partial charge in [-0.3, -0.25) is 14.5 Å². The van der Waals surface area contributed by atoms with E-state index in [1.807, 2.05) is 11.3 Å². The molecule has 4 rings (SSSR count). The van der Waals surface area contributed by atoms with E-state index in [1.54, 1.807) is 48.0 Å². The van der Waals surface area contributed by atoms with Crippen molar-refractivity contribution in [2.45, 2.75) is 70.1 Å². The van der Waals surface area contributed by atoms with Crippen molar-refractivity contribution in [1.29, 1.82) is 0 Å². The van der Waals surface area contributed by atoms with Crippen LogP contribution in [0.5, 0.6) is 5.75 Å². The van der Waals surface area contributed by atoms with Crippen LogP contribution in [0.25, 0.3) is 22.4 Å². The van der Waals surface area contributed by atoms with Gasteiger partial charge in [-0.1, -0.05) is 0 Å². The van der Waals surface area contributed by atoms with E-state index in [4.69, 9.17) is 0 Å². The second-order valence-electron chi connectivity index (χ2n) is 11.7. The average Bonchev–Trinajstić information content (AvgIpc) is 3.28. The van der Waals surface area contributed by atoms with Gasteiger partial charge in [-0.25, -0.2) is 9.82 Å². The molecule has 0 radical (unpaired) electrons. The maximum atomic E-state index is 15.2. The van der Waals surface area contributed by atoms with Gasteiger partial charge in [-0.05, 0) is 88.8 Å². The Labute approximate surface area is 250 Å². The van der Waals surface area contributed by atoms with E-state index in [9.17, 15) is 15.0 Å². The number of aromatic hydroxyl groups is 1. The molecule has 0 aliphatic carbocycles. The average molecular weight is 608 g/mol. The van der Waals surface area contributed by atoms with Gasteiger partial charge in [0.15, 0.2) is 5.82 Å². The fraction of sp³-hybridized carbons (Fsp3) is 0.500. The minimum absolute atomic E-state index is 0. The van der Waals surface area contributed by atoms with Gasteiger partial charge < -0.3 is 15.5 Å². The van der Waals surface area contributed by atoms with Gasteiger partial charge in [0.05, 0.1) is 23.5 Å². The molecule has 0 amide bonds. The number of hydrogen-bond donors (Lipinski definition) is 4. The molecule has 1 fully saturated rings. The summed E-state index contributed by atoms with van der Waals surface area (Å²) in [4.78, 5) is 12.1. The van der Waals surface area contributed by atoms with E-state index in [2.05, 4.69) is 53.7 Å². The van der Waals surface area contributed by atoms with Crippen LogP contribution in [-0.2, 0) is 11.8 Å². The first-order chi connectivity index (χ1) is 18.8. The number of carbonyl (C=O) groups is 1. The molecule has 1 aliphatic heterocycles. The highest BCUT2D eigenvalue weighted by Gasteiger charge is 2.41. The predicted octanol–water partition coefficient (Wildman–Crippen LogP) is 4.64. The van der Waals surface area contributed by atoms with Crippen molar-refractivity contribution < 1.29 is 19.4 Å². The summed E-state index contributed by atoms with van der Waals surface area (Å²) in [5, 5.41) is 38.9. The molecule has 1 atom stereocenters. The number of carboxylic acids is 1. The Hall–Kier alpha value is -2.93. The first-order valence-corrected chi connectivity index (χ1v) is 14.6. The largest absolute Gasteiger partial charge is 0.507 e. The fourth-order valence-corrected chi connectivity index (χ4v) is 6.10. The van der Waals surface area contributed by atoms with Gasteiger partial charge >= 0.3 is 5.97 Å². The number of aryl methyl sites for hydroxylation is 1. The lowest BCUT2D eigenvalue weighted by Gasteiger charge is -2.50. The molecule has 0 bridgehead atoms. The minimum Gasteiger partial charge on any atom is -0.507 e. The zero-order valence-electron chi connectivity index (χ0n) is 24.2. The Morgan fingerprint density at radius 1 is 1.22 bits per heavy atom. The molecule has 224 valence electrons. The number of anilines is 1. The van der Waals surface area contributed by atoms with E-state index in [0.717, 1.165) is 12.8 Å². The first kappa shape index (κ1) is 32.6. The third-order valence-corrected chi connectivity index (χ3v) is 7.64. The molecule has 2 aromatic heterocycles. The van der Waals surface area contributed by atoms with Gasteiger partial charge in [0.25, 0.3) is 0 Å². The minimum atomic E-state index is -0.947. The summed E-state index contributed by atoms with van der Waals surface area (Å²) in [7, 11) is 1.76. The van der Waals surface area contributed by atoms with E-state index >= 15 is 4.39 Å². The van der Waals surface area contributed by atoms with E-state index in [1.165, 1.54) is 12.1 Å². The third-order valence-electron chi connectivity index (χ3n) is 7.00. The monoisotopic (exact) mass is 607 g/mol. The predicted molar refractivity (Wildman–Crippen MR) is 163 cm³/mol. The van der Waals surface area contributed by atoms with E-state index < -0.39 is 17.8 Å². The molecule has 13 heteroatoms. The summed E-state index contributed by atoms with van der Waals surface area (Å²) < 4.78 is 16.8. The first-order valence-electron chi connectivity index (χ1n) is 13.2. The molecule has 10 nitrogen and oxygen atoms in total. The number of hydrogen-bond acceptors (Lipinski definition) is 9. The van der Waals surface area contributed by atoms with Gasteiger partial charge in [0.1, 0.15) is 17.6 Å². The Balaban J connectivity index is 0.00000462. The molecule has 1 aromatic carbocycles. The number of hydrazine groups is 1. The molecule has 3 heterocycles. The lowest BCUT2D eigenvalue weighted by atomic mass is 9.79. The van der Waals surface area contributed by atoms with E-state index in [-0.39, 0.29) is 46.5 Å². The zero-order valence-corrected chi connectivity index (χ0v) is 25.8. The number of nitrogens with zero attached hydrogens (tertiary/aromatic N) is 5. The molecule has 0 spiro atoms. The number of aliphatic carboxylic acids is 1. The Morgan fingerprint density at radius 3 is 2.41 bits per heavy atom. The Kier molecular flexibility index (Phi) is 10.3. The molecule has 0 saturated carbocycles. The zero-order chi connectivity index (χ0) is 29.2. The van der Waals surface area contributed by atoms with Crippen LogP contribution in [0.4, 0.5) is 10.2 Å². The second-order valence-corrected chi connectivity index (χ2v) is 12.6. The highest BCUT2D eigenvalue weighted by Crippen LogP contribution is 2.36. The molecule has 1 aliphatic rings. The number of benzene rings is 1. The molecular weight excluding hydrogens is 569 g/mol. The number of carboxylic acid groups (broad SMARTS) is 1. The van der Waals surface area contributed by atoms with Crippen molar-refractivity contribution in [1.82, 2.24) is 30.7 Å². The number of aromatic nitrogens is 4. The van der Waals surface area contributed by atoms with Gasteiger partial charge in [-0.2, -0.15) is 16.9 Å². The highest BCUT2D eigenvalue weighted by atomic mass is 35.5. The third kappa shape index (κ3) is 7.88. The summed E-state index contributed by atoms with van der Waals surface area (Å²) in [6, 6.07) is 5.16. The number of halogens is 2. The van der Waals surface area contributed by atoms with Crippen LogP contribution < -0.4 is 15.8 Å². The Morgan fingerprint density at radius 2 is 1.90 bits per heavy atom. The van der Waals surface area contributed by atoms with Crippen molar-refractivity contribution in [2.24, 2.45) is 7.05 Å². The lowest BCUT2D eigenvalue weighted by molar-refractivity contribution is -0.139. The summed E-state index contributed by atoms with van der Waals surface area (Å²) in [6.07, 6.45) is 7.16. The van der Waals surface area contributed by atoms with Crippen LogP contribution in [-0.4, -0.2) is 71.3 Å². The number of piperidine rings is 1. The van der Waals surface area contributed by atoms with Crippen molar-refractivity contribution in [3.05, 3.63) is 42.5 Å². The number of phenolic OH excluding ortho intramolecular Hbond substituents is 1. The number of thioether (sulfide) groups is 1. The molecule has 1 saturated heterocycles. The van der Waals surface area contributed by atoms with Crippen molar-refractivity contribution in [3.8, 4) is 28.1 Å². The Bertz CT molecular complexity index is 1310. The van der Waals surface area contributed by atoms with Gasteiger partial charge in [-0.15, -0.1) is 22.6 Å². The normalized spacial score (nSPS) is 17.0. The molecule has 4 N–H and O–H groups in total. The van der Waals surface area contributed by atoms with E-state index in [0.29, 0.717) is 29.1 Å². The standard InChI is InChI=1S/C28H38FN7O3S.ClH/c1-27(2)13-19(14-28(3,4)34-27)36(33-22(26(38)39)9-10-40-6)24-8-7-21(31-32-24)25-20(29)11-17(12-23(25)37)18-15-30-35(5)16-18;/h7-8,11-12,15-16,19,22,33-34,37H,9-10,13-14H2,1-6H3,(H,38,39);1H/t22-;/m0./s1. The maximum absolute atomic E-state index is 15.2. The van der Waals surface area contributed by atoms with Crippen LogP contribution in [0, 0.1) is 5.82 Å². The molecule has 3 aromatic rings. The molecule has 0 unspecified atom stereocenters. The summed E-state index contributed by atoms with van der Waals surface area (Å²) >= 11 is 1.58. The van der Waals surface area contributed by atoms with Gasteiger partial charge in [0.2, 0.25) is 0 Å². The van der Waals surface area contributed by atoms with Gasteiger partial charge in [0, 0.05) is 29.9 Å². The highest BCUT2D eigenvalue weighted by molar-refractivity contribution is 7.98. The number of phenols is 1. The van der Waals surface area contributed by atoms with Crippen LogP contribution >= 0.6 is 24.2 Å². The molecular formula is C28H39ClFN7O3S.